The highest BCUT2D eigenvalue weighted by Gasteiger charge is 2.18. The molecule has 0 saturated carbocycles. The fourth-order valence-electron chi connectivity index (χ4n) is 1.56. The summed E-state index contributed by atoms with van der Waals surface area (Å²) in [5.41, 5.74) is 5.90. The minimum atomic E-state index is -3.75. The number of rotatable bonds is 7. The smallest absolute Gasteiger partial charge is 0.242 e. The minimum absolute atomic E-state index is 0.00526. The monoisotopic (exact) mass is 333 g/mol. The SMILES string of the molecule is CCC(C)NC(=O)CCNS(=O)(=O)c1ccc(N)cc1Cl. The second-order valence-electron chi connectivity index (χ2n) is 4.71. The highest BCUT2D eigenvalue weighted by atomic mass is 35.5. The maximum atomic E-state index is 12.1. The number of amides is 1. The summed E-state index contributed by atoms with van der Waals surface area (Å²) in [7, 11) is -3.75. The fraction of sp³-hybridized carbons (Fsp3) is 0.462. The van der Waals surface area contributed by atoms with Gasteiger partial charge in [0, 0.05) is 24.7 Å². The molecule has 0 fully saturated rings. The number of sulfonamides is 1. The third kappa shape index (κ3) is 5.53. The van der Waals surface area contributed by atoms with Gasteiger partial charge in [0.2, 0.25) is 15.9 Å². The molecule has 0 aliphatic rings. The number of nitrogens with one attached hydrogen (secondary N) is 2. The van der Waals surface area contributed by atoms with Gasteiger partial charge in [-0.1, -0.05) is 18.5 Å². The van der Waals surface area contributed by atoms with Crippen LogP contribution in [0.25, 0.3) is 0 Å². The Labute approximate surface area is 130 Å². The van der Waals surface area contributed by atoms with Crippen LogP contribution in [0.4, 0.5) is 5.69 Å². The molecule has 1 atom stereocenters. The topological polar surface area (TPSA) is 101 Å². The van der Waals surface area contributed by atoms with E-state index in [4.69, 9.17) is 17.3 Å². The van der Waals surface area contributed by atoms with Crippen LogP contribution >= 0.6 is 11.6 Å². The van der Waals surface area contributed by atoms with Crippen molar-refractivity contribution in [2.75, 3.05) is 12.3 Å². The molecule has 1 unspecified atom stereocenters. The van der Waals surface area contributed by atoms with Gasteiger partial charge in [0.05, 0.1) is 5.02 Å². The lowest BCUT2D eigenvalue weighted by molar-refractivity contribution is -0.121. The predicted molar refractivity (Wildman–Crippen MR) is 83.6 cm³/mol. The summed E-state index contributed by atoms with van der Waals surface area (Å²) in [6.07, 6.45) is 0.884. The zero-order valence-electron chi connectivity index (χ0n) is 12.0. The van der Waals surface area contributed by atoms with Crippen molar-refractivity contribution in [1.82, 2.24) is 10.0 Å². The Morgan fingerprint density at radius 1 is 1.43 bits per heavy atom. The van der Waals surface area contributed by atoms with E-state index in [0.717, 1.165) is 6.42 Å². The molecular formula is C13H20ClN3O3S. The van der Waals surface area contributed by atoms with Crippen molar-refractivity contribution in [3.8, 4) is 0 Å². The maximum absolute atomic E-state index is 12.1. The first-order chi connectivity index (χ1) is 9.76. The molecule has 8 heteroatoms. The van der Waals surface area contributed by atoms with Gasteiger partial charge in [-0.05, 0) is 31.5 Å². The molecule has 118 valence electrons. The molecule has 0 saturated heterocycles. The van der Waals surface area contributed by atoms with Gasteiger partial charge in [-0.3, -0.25) is 4.79 Å². The normalized spacial score (nSPS) is 12.9. The fourth-order valence-corrected chi connectivity index (χ4v) is 3.14. The predicted octanol–water partition coefficient (Wildman–Crippen LogP) is 1.51. The second kappa shape index (κ2) is 7.63. The Hall–Kier alpha value is -1.31. The van der Waals surface area contributed by atoms with Crippen LogP contribution in [0.5, 0.6) is 0 Å². The average molecular weight is 334 g/mol. The highest BCUT2D eigenvalue weighted by Crippen LogP contribution is 2.23. The van der Waals surface area contributed by atoms with Crippen molar-refractivity contribution >= 4 is 33.2 Å². The zero-order chi connectivity index (χ0) is 16.0. The number of anilines is 1. The first-order valence-electron chi connectivity index (χ1n) is 6.60. The van der Waals surface area contributed by atoms with Crippen molar-refractivity contribution in [2.45, 2.75) is 37.6 Å². The second-order valence-corrected chi connectivity index (χ2v) is 6.86. The van der Waals surface area contributed by atoms with Gasteiger partial charge in [-0.2, -0.15) is 0 Å². The molecule has 0 aliphatic carbocycles. The number of nitrogens with two attached hydrogens (primary N) is 1. The van der Waals surface area contributed by atoms with Gasteiger partial charge in [0.25, 0.3) is 0 Å². The number of carbonyl (C=O) groups is 1. The van der Waals surface area contributed by atoms with Gasteiger partial charge in [0.1, 0.15) is 4.90 Å². The molecule has 0 heterocycles. The lowest BCUT2D eigenvalue weighted by atomic mass is 10.2. The molecule has 1 rings (SSSR count). The number of benzene rings is 1. The molecule has 0 bridgehead atoms. The summed E-state index contributed by atoms with van der Waals surface area (Å²) in [5, 5.41) is 2.81. The lowest BCUT2D eigenvalue weighted by Gasteiger charge is -2.12. The van der Waals surface area contributed by atoms with Crippen LogP contribution in [0.15, 0.2) is 23.1 Å². The minimum Gasteiger partial charge on any atom is -0.399 e. The van der Waals surface area contributed by atoms with Gasteiger partial charge < -0.3 is 11.1 Å². The van der Waals surface area contributed by atoms with E-state index >= 15 is 0 Å². The molecule has 0 aromatic heterocycles. The number of hydrogen-bond donors (Lipinski definition) is 3. The molecule has 4 N–H and O–H groups in total. The van der Waals surface area contributed by atoms with Crippen LogP contribution in [0.3, 0.4) is 0 Å². The van der Waals surface area contributed by atoms with Gasteiger partial charge >= 0.3 is 0 Å². The van der Waals surface area contributed by atoms with E-state index in [1.165, 1.54) is 18.2 Å². The summed E-state index contributed by atoms with van der Waals surface area (Å²) in [4.78, 5) is 11.5. The van der Waals surface area contributed by atoms with Gasteiger partial charge in [-0.15, -0.1) is 0 Å². The summed E-state index contributed by atoms with van der Waals surface area (Å²) in [6.45, 7) is 3.85. The van der Waals surface area contributed by atoms with E-state index in [9.17, 15) is 13.2 Å². The third-order valence-corrected chi connectivity index (χ3v) is 4.85. The van der Waals surface area contributed by atoms with Crippen LogP contribution in [-0.4, -0.2) is 26.9 Å². The van der Waals surface area contributed by atoms with E-state index in [1.54, 1.807) is 0 Å². The molecule has 0 aliphatic heterocycles. The van der Waals surface area contributed by atoms with E-state index in [-0.39, 0.29) is 34.8 Å². The van der Waals surface area contributed by atoms with Gasteiger partial charge in [-0.25, -0.2) is 13.1 Å². The first kappa shape index (κ1) is 17.7. The molecular weight excluding hydrogens is 314 g/mol. The number of halogens is 1. The van der Waals surface area contributed by atoms with Crippen LogP contribution in [0, 0.1) is 0 Å². The van der Waals surface area contributed by atoms with Crippen molar-refractivity contribution in [3.05, 3.63) is 23.2 Å². The number of hydrogen-bond acceptors (Lipinski definition) is 4. The largest absolute Gasteiger partial charge is 0.399 e. The Morgan fingerprint density at radius 2 is 2.10 bits per heavy atom. The Morgan fingerprint density at radius 3 is 2.67 bits per heavy atom. The molecule has 0 radical (unpaired) electrons. The summed E-state index contributed by atoms with van der Waals surface area (Å²) < 4.78 is 26.5. The molecule has 21 heavy (non-hydrogen) atoms. The average Bonchev–Trinajstić information content (AvgIpc) is 2.37. The summed E-state index contributed by atoms with van der Waals surface area (Å²) in [5.74, 6) is -0.199. The summed E-state index contributed by atoms with van der Waals surface area (Å²) >= 11 is 5.86. The Bertz CT molecular complexity index is 605. The molecule has 1 aromatic carbocycles. The quantitative estimate of drug-likeness (QED) is 0.658. The molecule has 1 amide bonds. The van der Waals surface area contributed by atoms with Crippen LogP contribution in [-0.2, 0) is 14.8 Å². The van der Waals surface area contributed by atoms with E-state index < -0.39 is 10.0 Å². The van der Waals surface area contributed by atoms with Crippen molar-refractivity contribution in [2.24, 2.45) is 0 Å². The number of carbonyl (C=O) groups excluding carboxylic acids is 1. The van der Waals surface area contributed by atoms with Crippen LogP contribution in [0.1, 0.15) is 26.7 Å². The standard InChI is InChI=1S/C13H20ClN3O3S/c1-3-9(2)17-13(18)6-7-16-21(19,20)12-5-4-10(15)8-11(12)14/h4-5,8-9,16H,3,6-7,15H2,1-2H3,(H,17,18). The van der Waals surface area contributed by atoms with Crippen molar-refractivity contribution in [1.29, 1.82) is 0 Å². The van der Waals surface area contributed by atoms with E-state index in [0.29, 0.717) is 5.69 Å². The maximum Gasteiger partial charge on any atom is 0.242 e. The van der Waals surface area contributed by atoms with E-state index in [2.05, 4.69) is 10.0 Å². The summed E-state index contributed by atoms with van der Waals surface area (Å²) in [6, 6.07) is 4.22. The lowest BCUT2D eigenvalue weighted by Crippen LogP contribution is -2.35. The van der Waals surface area contributed by atoms with E-state index in [1.807, 2.05) is 13.8 Å². The molecule has 1 aromatic rings. The highest BCUT2D eigenvalue weighted by molar-refractivity contribution is 7.89. The zero-order valence-corrected chi connectivity index (χ0v) is 13.6. The molecule has 6 nitrogen and oxygen atoms in total. The van der Waals surface area contributed by atoms with Crippen LogP contribution < -0.4 is 15.8 Å². The first-order valence-corrected chi connectivity index (χ1v) is 8.46. The third-order valence-electron chi connectivity index (χ3n) is 2.91. The Balaban J connectivity index is 2.60. The Kier molecular flexibility index (Phi) is 6.44. The van der Waals surface area contributed by atoms with Crippen molar-refractivity contribution in [3.63, 3.8) is 0 Å². The van der Waals surface area contributed by atoms with Crippen LogP contribution in [0.2, 0.25) is 5.02 Å². The molecule has 0 spiro atoms. The van der Waals surface area contributed by atoms with Gasteiger partial charge in [0.15, 0.2) is 0 Å². The van der Waals surface area contributed by atoms with Crippen molar-refractivity contribution < 1.29 is 13.2 Å². The number of nitrogen functional groups attached to an aromatic ring is 1.